The maximum absolute atomic E-state index is 7.77. The van der Waals surface area contributed by atoms with Crippen LogP contribution < -0.4 is 26.4 Å². The highest BCUT2D eigenvalue weighted by atomic mass is 16.3. The van der Waals surface area contributed by atoms with Gasteiger partial charge in [-0.25, -0.2) is 0 Å². The van der Waals surface area contributed by atoms with Gasteiger partial charge in [-0.2, -0.15) is 0 Å². The third-order valence-corrected chi connectivity index (χ3v) is 18.5. The van der Waals surface area contributed by atoms with Crippen molar-refractivity contribution in [2.75, 3.05) is 9.80 Å². The zero-order valence-corrected chi connectivity index (χ0v) is 45.4. The van der Waals surface area contributed by atoms with Gasteiger partial charge in [0.25, 0.3) is 6.71 Å². The summed E-state index contributed by atoms with van der Waals surface area (Å²) < 4.78 is 7.77. The molecule has 4 aromatic carbocycles. The number of hydrogen-bond donors (Lipinski definition) is 0. The largest absolute Gasteiger partial charge is 0.472 e. The zero-order valence-electron chi connectivity index (χ0n) is 45.4. The van der Waals surface area contributed by atoms with E-state index < -0.39 is 0 Å². The van der Waals surface area contributed by atoms with Gasteiger partial charge in [-0.1, -0.05) is 153 Å². The Balaban J connectivity index is 1.32. The summed E-state index contributed by atoms with van der Waals surface area (Å²) in [5, 5.41) is 0. The minimum absolute atomic E-state index is 0.0490. The SMILES string of the molecule is CCCCC(C)(C)C1Cc2oc3c(c2C=C1CC)N(c1ccc(C(C)(C)C)cc1)c1cc(CC)cc2c1B3c1cc3c(cc1N2c1cc2c(cc1C)C(C)(C)CCC2(C)C)C(C)(C)CCC3(C)C. The fourth-order valence-electron chi connectivity index (χ4n) is 13.6. The van der Waals surface area contributed by atoms with Crippen LogP contribution in [0.1, 0.15) is 212 Å². The molecule has 0 radical (unpaired) electrons. The third kappa shape index (κ3) is 7.24. The molecule has 68 heavy (non-hydrogen) atoms. The lowest BCUT2D eigenvalue weighted by molar-refractivity contribution is 0.207. The van der Waals surface area contributed by atoms with Crippen LogP contribution in [-0.4, -0.2) is 6.71 Å². The second-order valence-corrected chi connectivity index (χ2v) is 26.6. The third-order valence-electron chi connectivity index (χ3n) is 18.5. The monoisotopic (exact) mass is 907 g/mol. The first-order chi connectivity index (χ1) is 31.8. The number of hydrogen-bond acceptors (Lipinski definition) is 3. The summed E-state index contributed by atoms with van der Waals surface area (Å²) in [7, 11) is 0. The molecule has 358 valence electrons. The number of unbranched alkanes of at least 4 members (excludes halogenated alkanes) is 1. The molecule has 10 rings (SSSR count). The van der Waals surface area contributed by atoms with Crippen molar-refractivity contribution in [2.45, 2.75) is 209 Å². The number of furan rings is 1. The second-order valence-electron chi connectivity index (χ2n) is 26.6. The molecule has 5 aromatic rings. The van der Waals surface area contributed by atoms with E-state index in [1.165, 1.54) is 140 Å². The molecular formula is C64H83BN2O. The Morgan fingerprint density at radius 2 is 1.19 bits per heavy atom. The molecule has 3 aliphatic carbocycles. The summed E-state index contributed by atoms with van der Waals surface area (Å²) in [5.41, 5.74) is 25.1. The van der Waals surface area contributed by atoms with Crippen molar-refractivity contribution < 1.29 is 4.42 Å². The molecule has 3 heterocycles. The van der Waals surface area contributed by atoms with E-state index in [9.17, 15) is 0 Å². The highest BCUT2D eigenvalue weighted by Gasteiger charge is 2.51. The van der Waals surface area contributed by atoms with Gasteiger partial charge in [0.15, 0.2) is 0 Å². The lowest BCUT2D eigenvalue weighted by Gasteiger charge is -2.47. The summed E-state index contributed by atoms with van der Waals surface area (Å²) in [6.45, 7) is 41.3. The van der Waals surface area contributed by atoms with Crippen molar-refractivity contribution in [1.29, 1.82) is 0 Å². The van der Waals surface area contributed by atoms with Crippen LogP contribution in [-0.2, 0) is 39.9 Å². The van der Waals surface area contributed by atoms with Crippen LogP contribution in [0.3, 0.4) is 0 Å². The van der Waals surface area contributed by atoms with Crippen molar-refractivity contribution in [2.24, 2.45) is 11.3 Å². The molecule has 0 saturated carbocycles. The van der Waals surface area contributed by atoms with E-state index in [0.717, 1.165) is 24.9 Å². The molecule has 1 unspecified atom stereocenters. The van der Waals surface area contributed by atoms with Gasteiger partial charge >= 0.3 is 0 Å². The molecule has 0 amide bonds. The van der Waals surface area contributed by atoms with Crippen LogP contribution >= 0.6 is 0 Å². The van der Waals surface area contributed by atoms with E-state index in [1.807, 2.05) is 0 Å². The van der Waals surface area contributed by atoms with Crippen molar-refractivity contribution in [3.8, 4) is 0 Å². The summed E-state index contributed by atoms with van der Waals surface area (Å²) in [6.07, 6.45) is 14.0. The summed E-state index contributed by atoms with van der Waals surface area (Å²) in [5.74, 6) is 1.61. The van der Waals surface area contributed by atoms with Crippen molar-refractivity contribution in [1.82, 2.24) is 0 Å². The van der Waals surface area contributed by atoms with E-state index in [-0.39, 0.29) is 39.2 Å². The van der Waals surface area contributed by atoms with Gasteiger partial charge in [0.2, 0.25) is 0 Å². The van der Waals surface area contributed by atoms with Gasteiger partial charge in [0.05, 0.1) is 11.3 Å². The molecule has 0 spiro atoms. The van der Waals surface area contributed by atoms with Gasteiger partial charge in [-0.05, 0) is 183 Å². The Morgan fingerprint density at radius 3 is 1.74 bits per heavy atom. The molecule has 0 N–H and O–H groups in total. The van der Waals surface area contributed by atoms with Crippen molar-refractivity contribution in [3.05, 3.63) is 117 Å². The maximum atomic E-state index is 7.77. The molecule has 0 fully saturated rings. The average Bonchev–Trinajstić information content (AvgIpc) is 3.65. The molecule has 2 aliphatic heterocycles. The standard InChI is InChI=1S/C64H83BN2O/c1-18-21-26-60(8,9)45-38-55-44(34-41(45)20-3)57-58(68-55)65-50-35-47-49(64(16,17)30-28-62(47,12)13)37-52(50)67(51-36-48-46(31-39(51)4)61(10,11)27-29-63(48,14)15)54-33-40(19-2)32-53(56(54)65)66(57)43-24-22-42(23-25-43)59(5,6)7/h22-25,31-37,45H,18-21,26-30,38H2,1-17H3. The quantitative estimate of drug-likeness (QED) is 0.142. The Hall–Kier alpha value is -4.44. The van der Waals surface area contributed by atoms with E-state index >= 15 is 0 Å². The molecule has 1 atom stereocenters. The molecular weight excluding hydrogens is 824 g/mol. The highest BCUT2D eigenvalue weighted by molar-refractivity contribution is 6.99. The number of aryl methyl sites for hydroxylation is 2. The lowest BCUT2D eigenvalue weighted by atomic mass is 9.35. The minimum atomic E-state index is -0.0627. The number of rotatable bonds is 8. The van der Waals surface area contributed by atoms with E-state index in [4.69, 9.17) is 4.42 Å². The molecule has 0 bridgehead atoms. The Kier molecular flexibility index (Phi) is 11.0. The molecule has 5 aliphatic rings. The Bertz CT molecular complexity index is 2870. The first-order valence-electron chi connectivity index (χ1n) is 26.9. The number of anilines is 6. The van der Waals surface area contributed by atoms with Crippen LogP contribution in [0.5, 0.6) is 0 Å². The number of nitrogens with zero attached hydrogens (tertiary/aromatic N) is 2. The first-order valence-corrected chi connectivity index (χ1v) is 26.9. The summed E-state index contributed by atoms with van der Waals surface area (Å²) in [4.78, 5) is 5.39. The first kappa shape index (κ1) is 47.3. The van der Waals surface area contributed by atoms with E-state index in [1.54, 1.807) is 5.57 Å². The predicted molar refractivity (Wildman–Crippen MR) is 295 cm³/mol. The second kappa shape index (κ2) is 15.8. The molecule has 0 saturated heterocycles. The van der Waals surface area contributed by atoms with Crippen LogP contribution in [0.2, 0.25) is 0 Å². The Labute approximate surface area is 412 Å². The van der Waals surface area contributed by atoms with Crippen LogP contribution in [0.25, 0.3) is 6.08 Å². The smallest absolute Gasteiger partial charge is 0.297 e. The zero-order chi connectivity index (χ0) is 48.8. The molecule has 3 nitrogen and oxygen atoms in total. The normalized spacial score (nSPS) is 20.5. The lowest BCUT2D eigenvalue weighted by Crippen LogP contribution is -2.61. The highest BCUT2D eigenvalue weighted by Crippen LogP contribution is 2.55. The fraction of sp³-hybridized carbons (Fsp3) is 0.531. The number of benzene rings is 4. The van der Waals surface area contributed by atoms with Crippen molar-refractivity contribution in [3.63, 3.8) is 0 Å². The molecule has 4 heteroatoms. The van der Waals surface area contributed by atoms with Gasteiger partial charge in [0, 0.05) is 40.4 Å². The van der Waals surface area contributed by atoms with Gasteiger partial charge < -0.3 is 14.2 Å². The predicted octanol–water partition coefficient (Wildman–Crippen LogP) is 16.4. The number of allylic oxidation sites excluding steroid dienone is 1. The van der Waals surface area contributed by atoms with E-state index in [2.05, 4.69) is 194 Å². The molecule has 1 aromatic heterocycles. The Morgan fingerprint density at radius 1 is 0.647 bits per heavy atom. The summed E-state index contributed by atoms with van der Waals surface area (Å²) >= 11 is 0. The maximum Gasteiger partial charge on any atom is 0.297 e. The van der Waals surface area contributed by atoms with Gasteiger partial charge in [-0.3, -0.25) is 0 Å². The van der Waals surface area contributed by atoms with Crippen LogP contribution in [0, 0.1) is 18.3 Å². The summed E-state index contributed by atoms with van der Waals surface area (Å²) in [6, 6.07) is 25.2. The van der Waals surface area contributed by atoms with Crippen LogP contribution in [0.15, 0.2) is 70.7 Å². The van der Waals surface area contributed by atoms with E-state index in [0.29, 0.717) is 5.92 Å². The van der Waals surface area contributed by atoms with Crippen molar-refractivity contribution >= 4 is 63.5 Å². The van der Waals surface area contributed by atoms with Crippen LogP contribution in [0.4, 0.5) is 34.1 Å². The van der Waals surface area contributed by atoms with Gasteiger partial charge in [-0.15, -0.1) is 0 Å². The minimum Gasteiger partial charge on any atom is -0.472 e. The average molecular weight is 907 g/mol. The number of fused-ring (bicyclic) bond motifs is 8. The van der Waals surface area contributed by atoms with Gasteiger partial charge in [0.1, 0.15) is 5.76 Å². The topological polar surface area (TPSA) is 19.6 Å². The fourth-order valence-corrected chi connectivity index (χ4v) is 13.6.